The highest BCUT2D eigenvalue weighted by Crippen LogP contribution is 2.61. The van der Waals surface area contributed by atoms with Crippen LogP contribution >= 0.6 is 0 Å². The zero-order valence-electron chi connectivity index (χ0n) is 16.8. The van der Waals surface area contributed by atoms with Crippen LogP contribution in [0.4, 0.5) is 0 Å². The lowest BCUT2D eigenvalue weighted by atomic mass is 9.48. The van der Waals surface area contributed by atoms with Crippen LogP contribution in [0.5, 0.6) is 0 Å². The Bertz CT molecular complexity index is 1170. The molecular weight excluding hydrogens is 378 g/mol. The minimum Gasteiger partial charge on any atom is -0.241 e. The van der Waals surface area contributed by atoms with E-state index in [1.54, 1.807) is 16.1 Å². The highest BCUT2D eigenvalue weighted by molar-refractivity contribution is 7.90. The second kappa shape index (κ2) is 5.98. The number of aryl methyl sites for hydroxylation is 1. The van der Waals surface area contributed by atoms with Crippen molar-refractivity contribution in [1.29, 1.82) is 0 Å². The quantitative estimate of drug-likeness (QED) is 0.564. The molecule has 0 spiro atoms. The zero-order valence-corrected chi connectivity index (χ0v) is 17.7. The van der Waals surface area contributed by atoms with Gasteiger partial charge in [0.15, 0.2) is 0 Å². The van der Waals surface area contributed by atoms with Crippen LogP contribution in [0.2, 0.25) is 0 Å². The SMILES string of the molecule is Cc1ccc(S(=O)(=O)n2cc(C34CC5CC(CC(C5)C3)C4)c3ccccc32)cc1. The van der Waals surface area contributed by atoms with E-state index in [9.17, 15) is 8.42 Å². The van der Waals surface area contributed by atoms with Crippen LogP contribution in [-0.4, -0.2) is 12.4 Å². The normalized spacial score (nSPS) is 30.9. The molecule has 4 bridgehead atoms. The molecule has 29 heavy (non-hydrogen) atoms. The lowest BCUT2D eigenvalue weighted by Crippen LogP contribution is -2.48. The summed E-state index contributed by atoms with van der Waals surface area (Å²) in [6.07, 6.45) is 9.85. The van der Waals surface area contributed by atoms with Gasteiger partial charge in [0, 0.05) is 11.6 Å². The van der Waals surface area contributed by atoms with Gasteiger partial charge in [0.1, 0.15) is 0 Å². The van der Waals surface area contributed by atoms with Crippen molar-refractivity contribution in [3.63, 3.8) is 0 Å². The monoisotopic (exact) mass is 405 g/mol. The van der Waals surface area contributed by atoms with Crippen molar-refractivity contribution in [3.8, 4) is 0 Å². The van der Waals surface area contributed by atoms with Crippen LogP contribution in [0.3, 0.4) is 0 Å². The summed E-state index contributed by atoms with van der Waals surface area (Å²) in [5, 5.41) is 1.13. The Labute approximate surface area is 172 Å². The van der Waals surface area contributed by atoms with Crippen molar-refractivity contribution >= 4 is 20.9 Å². The molecule has 150 valence electrons. The van der Waals surface area contributed by atoms with Crippen LogP contribution in [0.1, 0.15) is 49.7 Å². The van der Waals surface area contributed by atoms with Crippen molar-refractivity contribution in [2.75, 3.05) is 0 Å². The number of rotatable bonds is 3. The van der Waals surface area contributed by atoms with Crippen LogP contribution in [0, 0.1) is 24.7 Å². The molecular formula is C25H27NO2S. The van der Waals surface area contributed by atoms with Crippen LogP contribution < -0.4 is 0 Å². The standard InChI is InChI=1S/C25H27NO2S/c1-17-6-8-21(9-7-17)29(27,28)26-16-23(22-4-2-3-5-24(22)26)25-13-18-10-19(14-25)12-20(11-18)15-25/h2-9,16,18-20H,10-15H2,1H3. The zero-order chi connectivity index (χ0) is 19.8. The average Bonchev–Trinajstić information content (AvgIpc) is 3.09. The fourth-order valence-corrected chi connectivity index (χ4v) is 8.41. The first-order valence-electron chi connectivity index (χ1n) is 10.9. The maximum absolute atomic E-state index is 13.6. The first kappa shape index (κ1) is 17.8. The van der Waals surface area contributed by atoms with E-state index < -0.39 is 10.0 Å². The van der Waals surface area contributed by atoms with Gasteiger partial charge >= 0.3 is 0 Å². The van der Waals surface area contributed by atoms with Crippen molar-refractivity contribution in [3.05, 3.63) is 65.9 Å². The maximum atomic E-state index is 13.6. The van der Waals surface area contributed by atoms with Gasteiger partial charge in [0.25, 0.3) is 10.0 Å². The molecule has 7 rings (SSSR count). The molecule has 4 fully saturated rings. The second-order valence-corrected chi connectivity index (χ2v) is 11.7. The summed E-state index contributed by atoms with van der Waals surface area (Å²) >= 11 is 0. The summed E-state index contributed by atoms with van der Waals surface area (Å²) in [5.41, 5.74) is 3.33. The molecule has 4 aliphatic rings. The maximum Gasteiger partial charge on any atom is 0.268 e. The molecule has 4 aliphatic carbocycles. The van der Waals surface area contributed by atoms with Gasteiger partial charge in [0.2, 0.25) is 0 Å². The van der Waals surface area contributed by atoms with E-state index in [4.69, 9.17) is 0 Å². The lowest BCUT2D eigenvalue weighted by molar-refractivity contribution is -0.00451. The molecule has 0 radical (unpaired) electrons. The number of benzene rings is 2. The smallest absolute Gasteiger partial charge is 0.241 e. The van der Waals surface area contributed by atoms with Gasteiger partial charge in [0.05, 0.1) is 10.4 Å². The average molecular weight is 406 g/mol. The van der Waals surface area contributed by atoms with Crippen molar-refractivity contribution in [2.45, 2.75) is 55.8 Å². The van der Waals surface area contributed by atoms with Gasteiger partial charge in [-0.25, -0.2) is 12.4 Å². The molecule has 3 nitrogen and oxygen atoms in total. The summed E-state index contributed by atoms with van der Waals surface area (Å²) in [4.78, 5) is 0.362. The van der Waals surface area contributed by atoms with Gasteiger partial charge in [-0.2, -0.15) is 0 Å². The Kier molecular flexibility index (Phi) is 3.66. The van der Waals surface area contributed by atoms with E-state index in [0.29, 0.717) is 4.90 Å². The summed E-state index contributed by atoms with van der Waals surface area (Å²) in [6.45, 7) is 1.98. The molecule has 0 unspecified atom stereocenters. The van der Waals surface area contributed by atoms with Crippen molar-refractivity contribution in [1.82, 2.24) is 3.97 Å². The number of hydrogen-bond acceptors (Lipinski definition) is 2. The third-order valence-corrected chi connectivity index (χ3v) is 9.55. The number of para-hydroxylation sites is 1. The van der Waals surface area contributed by atoms with Gasteiger partial charge in [-0.1, -0.05) is 35.9 Å². The molecule has 1 heterocycles. The minimum atomic E-state index is -3.62. The van der Waals surface area contributed by atoms with Crippen molar-refractivity contribution in [2.24, 2.45) is 17.8 Å². The van der Waals surface area contributed by atoms with Crippen LogP contribution in [-0.2, 0) is 15.4 Å². The fourth-order valence-electron chi connectivity index (χ4n) is 7.04. The highest BCUT2D eigenvalue weighted by Gasteiger charge is 2.52. The Hall–Kier alpha value is -2.07. The van der Waals surface area contributed by atoms with E-state index in [2.05, 4.69) is 12.1 Å². The lowest BCUT2D eigenvalue weighted by Gasteiger charge is -2.57. The first-order valence-corrected chi connectivity index (χ1v) is 12.3. The van der Waals surface area contributed by atoms with Gasteiger partial charge in [-0.05, 0) is 92.4 Å². The highest BCUT2D eigenvalue weighted by atomic mass is 32.2. The third-order valence-electron chi connectivity index (χ3n) is 7.87. The number of aromatic nitrogens is 1. The summed E-state index contributed by atoms with van der Waals surface area (Å²) in [6, 6.07) is 15.3. The largest absolute Gasteiger partial charge is 0.268 e. The fraction of sp³-hybridized carbons (Fsp3) is 0.440. The van der Waals surface area contributed by atoms with E-state index in [1.807, 2.05) is 37.4 Å². The molecule has 4 heteroatoms. The predicted molar refractivity (Wildman–Crippen MR) is 116 cm³/mol. The molecule has 0 N–H and O–H groups in total. The number of nitrogens with zero attached hydrogens (tertiary/aromatic N) is 1. The summed E-state index contributed by atoms with van der Waals surface area (Å²) < 4.78 is 28.7. The number of fused-ring (bicyclic) bond motifs is 1. The molecule has 1 aromatic heterocycles. The van der Waals surface area contributed by atoms with E-state index in [1.165, 1.54) is 44.1 Å². The van der Waals surface area contributed by atoms with Gasteiger partial charge in [-0.15, -0.1) is 0 Å². The third kappa shape index (κ3) is 2.58. The van der Waals surface area contributed by atoms with E-state index >= 15 is 0 Å². The Balaban J connectivity index is 1.55. The van der Waals surface area contributed by atoms with Crippen LogP contribution in [0.15, 0.2) is 59.6 Å². The van der Waals surface area contributed by atoms with Crippen molar-refractivity contribution < 1.29 is 8.42 Å². The molecule has 4 saturated carbocycles. The molecule has 2 aromatic carbocycles. The van der Waals surface area contributed by atoms with Gasteiger partial charge in [-0.3, -0.25) is 0 Å². The molecule has 0 aliphatic heterocycles. The molecule has 0 saturated heterocycles. The number of hydrogen-bond donors (Lipinski definition) is 0. The minimum absolute atomic E-state index is 0.169. The molecule has 0 atom stereocenters. The Morgan fingerprint density at radius 1 is 0.862 bits per heavy atom. The summed E-state index contributed by atoms with van der Waals surface area (Å²) in [5.74, 6) is 2.49. The van der Waals surface area contributed by atoms with E-state index in [-0.39, 0.29) is 5.41 Å². The van der Waals surface area contributed by atoms with E-state index in [0.717, 1.165) is 34.2 Å². The molecule has 0 amide bonds. The Morgan fingerprint density at radius 2 is 1.45 bits per heavy atom. The summed E-state index contributed by atoms with van der Waals surface area (Å²) in [7, 11) is -3.62. The molecule has 3 aromatic rings. The van der Waals surface area contributed by atoms with Crippen LogP contribution in [0.25, 0.3) is 10.9 Å². The predicted octanol–water partition coefficient (Wildman–Crippen LogP) is 5.65. The second-order valence-electron chi connectivity index (χ2n) is 9.87. The Morgan fingerprint density at radius 3 is 2.07 bits per heavy atom. The first-order chi connectivity index (χ1) is 13.9. The van der Waals surface area contributed by atoms with Gasteiger partial charge < -0.3 is 0 Å². The topological polar surface area (TPSA) is 39.1 Å².